The number of anilines is 1. The molecule has 0 aliphatic rings. The number of carbonyl (C=O) groups is 1. The van der Waals surface area contributed by atoms with Gasteiger partial charge >= 0.3 is 0 Å². The van der Waals surface area contributed by atoms with Gasteiger partial charge in [-0.3, -0.25) is 9.59 Å². The first kappa shape index (κ1) is 18.8. The van der Waals surface area contributed by atoms with Crippen LogP contribution in [0.3, 0.4) is 0 Å². The monoisotopic (exact) mass is 385 g/mol. The molecule has 140 valence electrons. The van der Waals surface area contributed by atoms with Crippen LogP contribution in [-0.2, 0) is 4.79 Å². The summed E-state index contributed by atoms with van der Waals surface area (Å²) in [7, 11) is 0. The Labute approximate surface area is 161 Å². The molecule has 1 atom stereocenters. The predicted octanol–water partition coefficient (Wildman–Crippen LogP) is 3.21. The third-order valence-electron chi connectivity index (χ3n) is 4.24. The Bertz CT molecular complexity index is 1070. The molecule has 7 nitrogen and oxygen atoms in total. The average molecular weight is 386 g/mol. The average Bonchev–Trinajstić information content (AvgIpc) is 2.96. The summed E-state index contributed by atoms with van der Waals surface area (Å²) in [4.78, 5) is 25.0. The van der Waals surface area contributed by atoms with Crippen LogP contribution < -0.4 is 10.9 Å². The number of halogens is 1. The summed E-state index contributed by atoms with van der Waals surface area (Å²) in [5.41, 5.74) is 2.83. The van der Waals surface area contributed by atoms with Gasteiger partial charge in [0.1, 0.15) is 6.04 Å². The van der Waals surface area contributed by atoms with Crippen molar-refractivity contribution in [1.29, 1.82) is 0 Å². The minimum absolute atomic E-state index is 0.361. The van der Waals surface area contributed by atoms with E-state index >= 15 is 0 Å². The van der Waals surface area contributed by atoms with E-state index in [1.165, 1.54) is 6.07 Å². The van der Waals surface area contributed by atoms with Gasteiger partial charge in [0.05, 0.1) is 5.69 Å². The van der Waals surface area contributed by atoms with Crippen LogP contribution in [0.15, 0.2) is 41.2 Å². The van der Waals surface area contributed by atoms with Gasteiger partial charge in [0.15, 0.2) is 5.82 Å². The SMILES string of the molecule is Cc1cc(C)n(-c2ccc(=O)n(C(C)C(=O)Nc3cc(Cl)ccc3C)n2)n1. The topological polar surface area (TPSA) is 81.8 Å². The van der Waals surface area contributed by atoms with Crippen LogP contribution in [0, 0.1) is 20.8 Å². The summed E-state index contributed by atoms with van der Waals surface area (Å²) in [5, 5.41) is 12.0. The molecule has 0 aliphatic heterocycles. The number of aromatic nitrogens is 4. The Morgan fingerprint density at radius 2 is 1.85 bits per heavy atom. The Hall–Kier alpha value is -2.93. The maximum absolute atomic E-state index is 12.7. The van der Waals surface area contributed by atoms with Gasteiger partial charge in [-0.2, -0.15) is 5.10 Å². The molecule has 0 aliphatic carbocycles. The number of hydrogen-bond acceptors (Lipinski definition) is 4. The molecule has 3 rings (SSSR count). The molecule has 0 fully saturated rings. The van der Waals surface area contributed by atoms with Crippen molar-refractivity contribution in [2.45, 2.75) is 33.7 Å². The van der Waals surface area contributed by atoms with Gasteiger partial charge < -0.3 is 5.32 Å². The molecular weight excluding hydrogens is 366 g/mol. The molecule has 0 radical (unpaired) electrons. The number of amides is 1. The van der Waals surface area contributed by atoms with E-state index in [1.54, 1.807) is 29.8 Å². The Morgan fingerprint density at radius 3 is 2.52 bits per heavy atom. The highest BCUT2D eigenvalue weighted by Crippen LogP contribution is 2.21. The van der Waals surface area contributed by atoms with Crippen LogP contribution in [0.25, 0.3) is 5.82 Å². The number of aryl methyl sites for hydroxylation is 3. The highest BCUT2D eigenvalue weighted by Gasteiger charge is 2.19. The zero-order valence-corrected chi connectivity index (χ0v) is 16.3. The van der Waals surface area contributed by atoms with Gasteiger partial charge in [-0.1, -0.05) is 17.7 Å². The standard InChI is InChI=1S/C19H20ClN5O2/c1-11-5-6-15(20)10-16(11)21-19(27)14(4)25-18(26)8-7-17(23-25)24-13(3)9-12(2)22-24/h5-10,14H,1-4H3,(H,21,27). The van der Waals surface area contributed by atoms with E-state index in [9.17, 15) is 9.59 Å². The van der Waals surface area contributed by atoms with E-state index in [4.69, 9.17) is 11.6 Å². The lowest BCUT2D eigenvalue weighted by Gasteiger charge is -2.16. The molecule has 1 unspecified atom stereocenters. The zero-order valence-electron chi connectivity index (χ0n) is 15.5. The number of hydrogen-bond donors (Lipinski definition) is 1. The van der Waals surface area contributed by atoms with Crippen molar-refractivity contribution >= 4 is 23.2 Å². The van der Waals surface area contributed by atoms with Crippen molar-refractivity contribution in [3.8, 4) is 5.82 Å². The molecule has 2 aromatic heterocycles. The summed E-state index contributed by atoms with van der Waals surface area (Å²) in [6.45, 7) is 7.26. The molecule has 2 heterocycles. The zero-order chi connectivity index (χ0) is 19.7. The number of nitrogens with zero attached hydrogens (tertiary/aromatic N) is 4. The lowest BCUT2D eigenvalue weighted by Crippen LogP contribution is -2.34. The van der Waals surface area contributed by atoms with Crippen molar-refractivity contribution < 1.29 is 4.79 Å². The van der Waals surface area contributed by atoms with Crippen molar-refractivity contribution in [3.05, 3.63) is 68.7 Å². The summed E-state index contributed by atoms with van der Waals surface area (Å²) < 4.78 is 2.79. The third-order valence-corrected chi connectivity index (χ3v) is 4.48. The Balaban J connectivity index is 1.92. The fourth-order valence-corrected chi connectivity index (χ4v) is 2.92. The van der Waals surface area contributed by atoms with Gasteiger partial charge in [-0.25, -0.2) is 9.36 Å². The van der Waals surface area contributed by atoms with E-state index in [1.807, 2.05) is 32.9 Å². The Morgan fingerprint density at radius 1 is 1.11 bits per heavy atom. The minimum atomic E-state index is -0.812. The molecule has 27 heavy (non-hydrogen) atoms. The van der Waals surface area contributed by atoms with Crippen molar-refractivity contribution in [1.82, 2.24) is 19.6 Å². The van der Waals surface area contributed by atoms with Crippen LogP contribution in [-0.4, -0.2) is 25.5 Å². The summed E-state index contributed by atoms with van der Waals surface area (Å²) in [6.07, 6.45) is 0. The van der Waals surface area contributed by atoms with Gasteiger partial charge in [-0.05, 0) is 57.5 Å². The van der Waals surface area contributed by atoms with Crippen LogP contribution in [0.4, 0.5) is 5.69 Å². The third kappa shape index (κ3) is 3.93. The molecular formula is C19H20ClN5O2. The number of rotatable bonds is 4. The highest BCUT2D eigenvalue weighted by molar-refractivity contribution is 6.31. The van der Waals surface area contributed by atoms with Gasteiger partial charge in [-0.15, -0.1) is 5.10 Å². The fourth-order valence-electron chi connectivity index (χ4n) is 2.74. The van der Waals surface area contributed by atoms with E-state index in [0.29, 0.717) is 16.5 Å². The predicted molar refractivity (Wildman–Crippen MR) is 105 cm³/mol. The largest absolute Gasteiger partial charge is 0.324 e. The molecule has 3 aromatic rings. The summed E-state index contributed by atoms with van der Waals surface area (Å²) in [5.74, 6) is 0.110. The van der Waals surface area contributed by atoms with Gasteiger partial charge in [0.25, 0.3) is 5.56 Å². The van der Waals surface area contributed by atoms with Gasteiger partial charge in [0.2, 0.25) is 5.91 Å². The second kappa shape index (κ2) is 7.36. The summed E-state index contributed by atoms with van der Waals surface area (Å²) >= 11 is 6.00. The number of carbonyl (C=O) groups excluding carboxylic acids is 1. The lowest BCUT2D eigenvalue weighted by atomic mass is 10.2. The van der Waals surface area contributed by atoms with Crippen LogP contribution in [0.5, 0.6) is 0 Å². The normalized spacial score (nSPS) is 12.0. The Kier molecular flexibility index (Phi) is 5.14. The molecule has 0 saturated carbocycles. The van der Waals surface area contributed by atoms with E-state index < -0.39 is 6.04 Å². The number of benzene rings is 1. The molecule has 0 spiro atoms. The molecule has 1 aromatic carbocycles. The van der Waals surface area contributed by atoms with Crippen LogP contribution in [0.1, 0.15) is 29.9 Å². The van der Waals surface area contributed by atoms with E-state index in [0.717, 1.165) is 21.6 Å². The molecule has 1 amide bonds. The first-order valence-electron chi connectivity index (χ1n) is 8.47. The molecule has 1 N–H and O–H groups in total. The van der Waals surface area contributed by atoms with Crippen LogP contribution in [0.2, 0.25) is 5.02 Å². The van der Waals surface area contributed by atoms with Gasteiger partial charge in [0, 0.05) is 22.5 Å². The second-order valence-electron chi connectivity index (χ2n) is 6.44. The molecule has 0 bridgehead atoms. The van der Waals surface area contributed by atoms with Crippen LogP contribution >= 0.6 is 11.6 Å². The smallest absolute Gasteiger partial charge is 0.267 e. The highest BCUT2D eigenvalue weighted by atomic mass is 35.5. The fraction of sp³-hybridized carbons (Fsp3) is 0.263. The number of nitrogens with one attached hydrogen (secondary N) is 1. The molecule has 8 heteroatoms. The van der Waals surface area contributed by atoms with Crippen molar-refractivity contribution in [3.63, 3.8) is 0 Å². The molecule has 0 saturated heterocycles. The van der Waals surface area contributed by atoms with Crippen molar-refractivity contribution in [2.75, 3.05) is 5.32 Å². The summed E-state index contributed by atoms with van der Waals surface area (Å²) in [6, 6.07) is 9.31. The first-order valence-corrected chi connectivity index (χ1v) is 8.84. The quantitative estimate of drug-likeness (QED) is 0.747. The first-order chi connectivity index (χ1) is 12.8. The maximum atomic E-state index is 12.7. The van der Waals surface area contributed by atoms with Crippen molar-refractivity contribution in [2.24, 2.45) is 0 Å². The maximum Gasteiger partial charge on any atom is 0.267 e. The lowest BCUT2D eigenvalue weighted by molar-refractivity contribution is -0.119. The van der Waals surface area contributed by atoms with E-state index in [2.05, 4.69) is 15.5 Å². The second-order valence-corrected chi connectivity index (χ2v) is 6.87. The minimum Gasteiger partial charge on any atom is -0.324 e. The van der Waals surface area contributed by atoms with E-state index in [-0.39, 0.29) is 11.5 Å².